The molecule has 0 atom stereocenters. The smallest absolute Gasteiger partial charge is 0.134 e. The van der Waals surface area contributed by atoms with Crippen molar-refractivity contribution in [2.24, 2.45) is 4.99 Å². The number of rotatable bonds is 6. The SMILES string of the molecule is COc1ccc(N=Cc2ccc(OCc3ccc(Cl)cc3Cl)c(Br)c2)cc1. The van der Waals surface area contributed by atoms with Gasteiger partial charge in [0.2, 0.25) is 0 Å². The van der Waals surface area contributed by atoms with E-state index >= 15 is 0 Å². The third-order valence-corrected chi connectivity index (χ3v) is 5.00. The van der Waals surface area contributed by atoms with E-state index < -0.39 is 0 Å². The molecule has 0 saturated heterocycles. The Hall–Kier alpha value is -2.01. The average molecular weight is 465 g/mol. The summed E-state index contributed by atoms with van der Waals surface area (Å²) in [6.45, 7) is 0.355. The molecule has 0 unspecified atom stereocenters. The van der Waals surface area contributed by atoms with Crippen LogP contribution >= 0.6 is 39.1 Å². The molecule has 3 aromatic carbocycles. The molecule has 0 aliphatic heterocycles. The molecule has 0 aliphatic carbocycles. The molecule has 0 spiro atoms. The molecule has 3 aromatic rings. The molecule has 0 fully saturated rings. The van der Waals surface area contributed by atoms with E-state index in [9.17, 15) is 0 Å². The number of nitrogens with zero attached hydrogens (tertiary/aromatic N) is 1. The van der Waals surface area contributed by atoms with Crippen molar-refractivity contribution >= 4 is 51.0 Å². The van der Waals surface area contributed by atoms with Gasteiger partial charge < -0.3 is 9.47 Å². The summed E-state index contributed by atoms with van der Waals surface area (Å²) in [5, 5.41) is 1.19. The van der Waals surface area contributed by atoms with E-state index in [1.54, 1.807) is 25.5 Å². The van der Waals surface area contributed by atoms with Crippen LogP contribution in [0.25, 0.3) is 0 Å². The van der Waals surface area contributed by atoms with Crippen LogP contribution in [-0.4, -0.2) is 13.3 Å². The summed E-state index contributed by atoms with van der Waals surface area (Å²) in [4.78, 5) is 4.46. The van der Waals surface area contributed by atoms with E-state index in [4.69, 9.17) is 32.7 Å². The number of aliphatic imine (C=N–C) groups is 1. The third-order valence-electron chi connectivity index (χ3n) is 3.79. The Morgan fingerprint density at radius 3 is 2.44 bits per heavy atom. The highest BCUT2D eigenvalue weighted by atomic mass is 79.9. The molecular weight excluding hydrogens is 449 g/mol. The lowest BCUT2D eigenvalue weighted by atomic mass is 10.2. The van der Waals surface area contributed by atoms with Crippen molar-refractivity contribution in [1.29, 1.82) is 0 Å². The van der Waals surface area contributed by atoms with E-state index in [0.29, 0.717) is 16.7 Å². The predicted octanol–water partition coefficient (Wildman–Crippen LogP) is 7.09. The lowest BCUT2D eigenvalue weighted by Gasteiger charge is -2.10. The topological polar surface area (TPSA) is 30.8 Å². The molecule has 6 heteroatoms. The van der Waals surface area contributed by atoms with Crippen molar-refractivity contribution in [3.8, 4) is 11.5 Å². The van der Waals surface area contributed by atoms with E-state index in [1.807, 2.05) is 48.5 Å². The summed E-state index contributed by atoms with van der Waals surface area (Å²) in [6.07, 6.45) is 1.80. The fourth-order valence-electron chi connectivity index (χ4n) is 2.33. The summed E-state index contributed by atoms with van der Waals surface area (Å²) in [5.74, 6) is 1.53. The van der Waals surface area contributed by atoms with Gasteiger partial charge in [0.1, 0.15) is 18.1 Å². The Kier molecular flexibility index (Phi) is 6.78. The van der Waals surface area contributed by atoms with Crippen molar-refractivity contribution < 1.29 is 9.47 Å². The predicted molar refractivity (Wildman–Crippen MR) is 115 cm³/mol. The maximum atomic E-state index is 6.18. The monoisotopic (exact) mass is 463 g/mol. The second-order valence-electron chi connectivity index (χ2n) is 5.67. The van der Waals surface area contributed by atoms with Crippen molar-refractivity contribution in [3.05, 3.63) is 86.3 Å². The van der Waals surface area contributed by atoms with E-state index in [-0.39, 0.29) is 0 Å². The number of halogens is 3. The first-order valence-electron chi connectivity index (χ1n) is 8.09. The zero-order chi connectivity index (χ0) is 19.2. The second-order valence-corrected chi connectivity index (χ2v) is 7.37. The highest BCUT2D eigenvalue weighted by Gasteiger charge is 2.06. The molecule has 0 aromatic heterocycles. The van der Waals surface area contributed by atoms with Gasteiger partial charge >= 0.3 is 0 Å². The van der Waals surface area contributed by atoms with Crippen molar-refractivity contribution in [2.45, 2.75) is 6.61 Å². The maximum absolute atomic E-state index is 6.18. The molecule has 3 nitrogen and oxygen atoms in total. The van der Waals surface area contributed by atoms with Crippen LogP contribution in [0.5, 0.6) is 11.5 Å². The van der Waals surface area contributed by atoms with Gasteiger partial charge in [-0.05, 0) is 76.1 Å². The van der Waals surface area contributed by atoms with Crippen LogP contribution in [0.4, 0.5) is 5.69 Å². The molecule has 0 N–H and O–H groups in total. The first-order valence-corrected chi connectivity index (χ1v) is 9.64. The molecule has 0 saturated carbocycles. The van der Waals surface area contributed by atoms with Gasteiger partial charge in [-0.3, -0.25) is 4.99 Å². The first kappa shape index (κ1) is 19.7. The minimum atomic E-state index is 0.355. The van der Waals surface area contributed by atoms with Gasteiger partial charge in [-0.25, -0.2) is 0 Å². The molecule has 0 radical (unpaired) electrons. The zero-order valence-corrected chi connectivity index (χ0v) is 17.6. The number of benzene rings is 3. The van der Waals surface area contributed by atoms with Crippen LogP contribution in [0, 0.1) is 0 Å². The largest absolute Gasteiger partial charge is 0.497 e. The minimum absolute atomic E-state index is 0.355. The number of ether oxygens (including phenoxy) is 2. The first-order chi connectivity index (χ1) is 13.0. The summed E-state index contributed by atoms with van der Waals surface area (Å²) in [5.41, 5.74) is 2.68. The fourth-order valence-corrected chi connectivity index (χ4v) is 3.30. The molecule has 3 rings (SSSR count). The van der Waals surface area contributed by atoms with Crippen LogP contribution in [0.1, 0.15) is 11.1 Å². The molecule has 0 aliphatic rings. The Morgan fingerprint density at radius 2 is 1.78 bits per heavy atom. The van der Waals surface area contributed by atoms with Crippen LogP contribution in [0.3, 0.4) is 0 Å². The molecule has 0 amide bonds. The molecule has 0 bridgehead atoms. The lowest BCUT2D eigenvalue weighted by molar-refractivity contribution is 0.304. The van der Waals surface area contributed by atoms with Gasteiger partial charge in [0.25, 0.3) is 0 Å². The van der Waals surface area contributed by atoms with Crippen molar-refractivity contribution in [2.75, 3.05) is 7.11 Å². The Bertz CT molecular complexity index is 959. The molecule has 0 heterocycles. The Morgan fingerprint density at radius 1 is 1.00 bits per heavy atom. The van der Waals surface area contributed by atoms with Gasteiger partial charge in [-0.15, -0.1) is 0 Å². The highest BCUT2D eigenvalue weighted by Crippen LogP contribution is 2.28. The van der Waals surface area contributed by atoms with Gasteiger partial charge in [0, 0.05) is 21.8 Å². The van der Waals surface area contributed by atoms with E-state index in [0.717, 1.165) is 32.8 Å². The fraction of sp³-hybridized carbons (Fsp3) is 0.0952. The zero-order valence-electron chi connectivity index (χ0n) is 14.5. The van der Waals surface area contributed by atoms with Crippen molar-refractivity contribution in [3.63, 3.8) is 0 Å². The van der Waals surface area contributed by atoms with E-state index in [2.05, 4.69) is 20.9 Å². The van der Waals surface area contributed by atoms with Crippen molar-refractivity contribution in [1.82, 2.24) is 0 Å². The quantitative estimate of drug-likeness (QED) is 0.364. The second kappa shape index (κ2) is 9.27. The molecule has 138 valence electrons. The normalized spacial score (nSPS) is 11.0. The lowest BCUT2D eigenvalue weighted by Crippen LogP contribution is -1.97. The Labute approximate surface area is 176 Å². The van der Waals surface area contributed by atoms with Crippen LogP contribution in [0.15, 0.2) is 70.1 Å². The third kappa shape index (κ3) is 5.48. The van der Waals surface area contributed by atoms with Crippen LogP contribution in [-0.2, 0) is 6.61 Å². The van der Waals surface area contributed by atoms with Gasteiger partial charge in [-0.2, -0.15) is 0 Å². The summed E-state index contributed by atoms with van der Waals surface area (Å²) in [6, 6.07) is 18.7. The van der Waals surface area contributed by atoms with Gasteiger partial charge in [0.05, 0.1) is 17.3 Å². The highest BCUT2D eigenvalue weighted by molar-refractivity contribution is 9.10. The van der Waals surface area contributed by atoms with Crippen LogP contribution < -0.4 is 9.47 Å². The number of hydrogen-bond acceptors (Lipinski definition) is 3. The van der Waals surface area contributed by atoms with E-state index in [1.165, 1.54) is 0 Å². The number of methoxy groups -OCH3 is 1. The summed E-state index contributed by atoms with van der Waals surface area (Å²) in [7, 11) is 1.64. The van der Waals surface area contributed by atoms with Gasteiger partial charge in [0.15, 0.2) is 0 Å². The maximum Gasteiger partial charge on any atom is 0.134 e. The summed E-state index contributed by atoms with van der Waals surface area (Å²) < 4.78 is 11.8. The molecular formula is C21H16BrCl2NO2. The minimum Gasteiger partial charge on any atom is -0.497 e. The van der Waals surface area contributed by atoms with Crippen LogP contribution in [0.2, 0.25) is 10.0 Å². The number of hydrogen-bond donors (Lipinski definition) is 0. The summed E-state index contributed by atoms with van der Waals surface area (Å²) >= 11 is 15.6. The Balaban J connectivity index is 1.66. The standard InChI is InChI=1S/C21H16BrCl2NO2/c1-26-18-7-5-17(6-8-18)25-12-14-2-9-21(19(22)10-14)27-13-15-3-4-16(23)11-20(15)24/h2-12H,13H2,1H3. The molecule has 27 heavy (non-hydrogen) atoms. The average Bonchev–Trinajstić information content (AvgIpc) is 2.67. The van der Waals surface area contributed by atoms with Gasteiger partial charge in [-0.1, -0.05) is 29.3 Å².